The zero-order chi connectivity index (χ0) is 20.9. The van der Waals surface area contributed by atoms with Crippen LogP contribution < -0.4 is 10.1 Å². The lowest BCUT2D eigenvalue weighted by molar-refractivity contribution is -0.121. The van der Waals surface area contributed by atoms with E-state index in [9.17, 15) is 9.18 Å². The minimum absolute atomic E-state index is 0.000809. The van der Waals surface area contributed by atoms with E-state index in [0.29, 0.717) is 29.0 Å². The monoisotopic (exact) mass is 408 g/mol. The molecule has 3 aromatic rings. The number of halogens is 1. The number of carbonyl (C=O) groups excluding carboxylic acids is 1. The number of rotatable bonds is 6. The van der Waals surface area contributed by atoms with Crippen molar-refractivity contribution in [3.63, 3.8) is 0 Å². The first kappa shape index (κ1) is 20.2. The van der Waals surface area contributed by atoms with E-state index >= 15 is 0 Å². The molecule has 1 aliphatic rings. The van der Waals surface area contributed by atoms with Crippen molar-refractivity contribution in [2.45, 2.75) is 19.3 Å². The van der Waals surface area contributed by atoms with Crippen LogP contribution in [0.1, 0.15) is 18.4 Å². The Labute approximate surface area is 175 Å². The molecule has 0 spiro atoms. The molecule has 1 aromatic carbocycles. The van der Waals surface area contributed by atoms with Gasteiger partial charge in [-0.1, -0.05) is 18.2 Å². The lowest BCUT2D eigenvalue weighted by Gasteiger charge is -2.31. The van der Waals surface area contributed by atoms with E-state index in [-0.39, 0.29) is 17.6 Å². The lowest BCUT2D eigenvalue weighted by Crippen LogP contribution is -2.39. The van der Waals surface area contributed by atoms with Gasteiger partial charge in [-0.2, -0.15) is 0 Å². The number of ether oxygens (including phenoxy) is 1. The molecule has 4 rings (SSSR count). The van der Waals surface area contributed by atoms with Crippen LogP contribution in [-0.2, 0) is 11.2 Å². The van der Waals surface area contributed by atoms with Crippen molar-refractivity contribution < 1.29 is 13.9 Å². The highest BCUT2D eigenvalue weighted by atomic mass is 19.1. The number of hydrogen-bond acceptors (Lipinski definition) is 5. The van der Waals surface area contributed by atoms with Crippen molar-refractivity contribution in [2.75, 3.05) is 32.1 Å². The maximum Gasteiger partial charge on any atom is 0.227 e. The zero-order valence-corrected chi connectivity index (χ0v) is 17.0. The van der Waals surface area contributed by atoms with E-state index < -0.39 is 0 Å². The Kier molecular flexibility index (Phi) is 6.18. The number of carbonyl (C=O) groups is 1. The summed E-state index contributed by atoms with van der Waals surface area (Å²) in [6, 6.07) is 12.2. The molecule has 0 saturated carbocycles. The molecule has 0 bridgehead atoms. The van der Waals surface area contributed by atoms with Gasteiger partial charge < -0.3 is 15.0 Å². The van der Waals surface area contributed by atoms with E-state index in [2.05, 4.69) is 20.2 Å². The Bertz CT molecular complexity index is 1030. The number of nitrogens with zero attached hydrogens (tertiary/aromatic N) is 3. The van der Waals surface area contributed by atoms with E-state index in [1.165, 1.54) is 6.07 Å². The maximum absolute atomic E-state index is 13.8. The van der Waals surface area contributed by atoms with E-state index in [1.54, 1.807) is 31.5 Å². The quantitative estimate of drug-likeness (QED) is 0.674. The van der Waals surface area contributed by atoms with Gasteiger partial charge in [-0.25, -0.2) is 9.37 Å². The zero-order valence-electron chi connectivity index (χ0n) is 17.0. The predicted octanol–water partition coefficient (Wildman–Crippen LogP) is 3.67. The van der Waals surface area contributed by atoms with Gasteiger partial charge in [0.25, 0.3) is 0 Å². The normalized spacial score (nSPS) is 15.3. The largest absolute Gasteiger partial charge is 0.481 e. The minimum atomic E-state index is -0.151. The van der Waals surface area contributed by atoms with Crippen molar-refractivity contribution in [1.29, 1.82) is 0 Å². The molecule has 2 aromatic heterocycles. The highest BCUT2D eigenvalue weighted by Gasteiger charge is 2.25. The number of piperidine rings is 1. The molecule has 1 aliphatic heterocycles. The molecule has 1 saturated heterocycles. The number of anilines is 1. The first-order valence-electron chi connectivity index (χ1n) is 10.2. The minimum Gasteiger partial charge on any atom is -0.481 e. The standard InChI is InChI=1S/C23H25FN4O2/c1-30-21-7-6-19-22(27-21)20(8-12-25-19)26-23(29)17-10-14-28(15-11-17)13-9-16-4-2-3-5-18(16)24/h2-8,12,17H,9-11,13-15H2,1H3,(H,25,26,29). The van der Waals surface area contributed by atoms with Crippen LogP contribution >= 0.6 is 0 Å². The molecule has 0 aliphatic carbocycles. The van der Waals surface area contributed by atoms with Gasteiger partial charge in [0, 0.05) is 24.7 Å². The molecule has 0 atom stereocenters. The van der Waals surface area contributed by atoms with Crippen LogP contribution in [0.4, 0.5) is 10.1 Å². The van der Waals surface area contributed by atoms with Crippen LogP contribution in [0.25, 0.3) is 11.0 Å². The molecule has 3 heterocycles. The SMILES string of the molecule is COc1ccc2nccc(NC(=O)C3CCN(CCc4ccccc4F)CC3)c2n1. The van der Waals surface area contributed by atoms with Crippen molar-refractivity contribution >= 4 is 22.6 Å². The summed E-state index contributed by atoms with van der Waals surface area (Å²) in [6.45, 7) is 2.46. The molecule has 1 fully saturated rings. The molecule has 1 amide bonds. The molecule has 6 nitrogen and oxygen atoms in total. The fourth-order valence-electron chi connectivity index (χ4n) is 3.86. The fraction of sp³-hybridized carbons (Fsp3) is 0.348. The van der Waals surface area contributed by atoms with Gasteiger partial charge in [-0.05, 0) is 56.1 Å². The number of likely N-dealkylation sites (tertiary alicyclic amines) is 1. The smallest absolute Gasteiger partial charge is 0.227 e. The summed E-state index contributed by atoms with van der Waals surface area (Å²) in [5.74, 6) is 0.278. The number of methoxy groups -OCH3 is 1. The van der Waals surface area contributed by atoms with Gasteiger partial charge in [0.2, 0.25) is 11.8 Å². The average Bonchev–Trinajstić information content (AvgIpc) is 2.79. The predicted molar refractivity (Wildman–Crippen MR) is 114 cm³/mol. The van der Waals surface area contributed by atoms with Gasteiger partial charge in [-0.3, -0.25) is 9.78 Å². The van der Waals surface area contributed by atoms with Gasteiger partial charge in [0.05, 0.1) is 18.3 Å². The Balaban J connectivity index is 1.34. The van der Waals surface area contributed by atoms with E-state index in [1.807, 2.05) is 18.2 Å². The van der Waals surface area contributed by atoms with Crippen molar-refractivity contribution in [1.82, 2.24) is 14.9 Å². The Morgan fingerprint density at radius 1 is 1.20 bits per heavy atom. The third-order valence-corrected chi connectivity index (χ3v) is 5.64. The number of hydrogen-bond donors (Lipinski definition) is 1. The van der Waals surface area contributed by atoms with Crippen LogP contribution in [0, 0.1) is 11.7 Å². The molecular formula is C23H25FN4O2. The number of benzene rings is 1. The topological polar surface area (TPSA) is 67.3 Å². The van der Waals surface area contributed by atoms with Crippen molar-refractivity contribution in [3.05, 3.63) is 60.0 Å². The molecular weight excluding hydrogens is 383 g/mol. The van der Waals surface area contributed by atoms with Crippen LogP contribution in [0.2, 0.25) is 0 Å². The second kappa shape index (κ2) is 9.17. The van der Waals surface area contributed by atoms with E-state index in [4.69, 9.17) is 4.74 Å². The number of fused-ring (bicyclic) bond motifs is 1. The van der Waals surface area contributed by atoms with Gasteiger partial charge >= 0.3 is 0 Å². The maximum atomic E-state index is 13.8. The third kappa shape index (κ3) is 4.57. The number of pyridine rings is 2. The highest BCUT2D eigenvalue weighted by Crippen LogP contribution is 2.25. The summed E-state index contributed by atoms with van der Waals surface area (Å²) in [4.78, 5) is 23.9. The molecule has 7 heteroatoms. The number of aromatic nitrogens is 2. The third-order valence-electron chi connectivity index (χ3n) is 5.64. The first-order chi connectivity index (χ1) is 14.6. The summed E-state index contributed by atoms with van der Waals surface area (Å²) in [6.07, 6.45) is 3.91. The van der Waals surface area contributed by atoms with Gasteiger partial charge in [0.1, 0.15) is 11.3 Å². The average molecular weight is 408 g/mol. The van der Waals surface area contributed by atoms with E-state index in [0.717, 1.165) is 38.0 Å². The summed E-state index contributed by atoms with van der Waals surface area (Å²) in [7, 11) is 1.56. The van der Waals surface area contributed by atoms with Gasteiger partial charge in [0.15, 0.2) is 0 Å². The summed E-state index contributed by atoms with van der Waals surface area (Å²) < 4.78 is 19.0. The van der Waals surface area contributed by atoms with Crippen LogP contribution in [0.3, 0.4) is 0 Å². The molecule has 156 valence electrons. The Hall–Kier alpha value is -3.06. The fourth-order valence-corrected chi connectivity index (χ4v) is 3.86. The molecule has 1 N–H and O–H groups in total. The molecule has 30 heavy (non-hydrogen) atoms. The molecule has 0 radical (unpaired) electrons. The number of nitrogens with one attached hydrogen (secondary N) is 1. The second-order valence-electron chi connectivity index (χ2n) is 7.53. The Morgan fingerprint density at radius 2 is 2.00 bits per heavy atom. The lowest BCUT2D eigenvalue weighted by atomic mass is 9.95. The second-order valence-corrected chi connectivity index (χ2v) is 7.53. The van der Waals surface area contributed by atoms with Crippen molar-refractivity contribution in [2.24, 2.45) is 5.92 Å². The highest BCUT2D eigenvalue weighted by molar-refractivity contribution is 6.00. The van der Waals surface area contributed by atoms with Crippen LogP contribution in [0.15, 0.2) is 48.7 Å². The summed E-state index contributed by atoms with van der Waals surface area (Å²) >= 11 is 0. The number of amides is 1. The Morgan fingerprint density at radius 3 is 2.77 bits per heavy atom. The van der Waals surface area contributed by atoms with Crippen LogP contribution in [-0.4, -0.2) is 47.5 Å². The summed E-state index contributed by atoms with van der Waals surface area (Å²) in [5, 5.41) is 3.02. The molecule has 0 unspecified atom stereocenters. The first-order valence-corrected chi connectivity index (χ1v) is 10.2. The van der Waals surface area contributed by atoms with Crippen LogP contribution in [0.5, 0.6) is 5.88 Å². The van der Waals surface area contributed by atoms with Crippen molar-refractivity contribution in [3.8, 4) is 5.88 Å². The van der Waals surface area contributed by atoms with Gasteiger partial charge in [-0.15, -0.1) is 0 Å². The summed E-state index contributed by atoms with van der Waals surface area (Å²) in [5.41, 5.74) is 2.71.